The van der Waals surface area contributed by atoms with Gasteiger partial charge in [0.15, 0.2) is 11.5 Å². The Morgan fingerprint density at radius 3 is 2.41 bits per heavy atom. The molecule has 3 aromatic rings. The third kappa shape index (κ3) is 3.31. The summed E-state index contributed by atoms with van der Waals surface area (Å²) in [6.07, 6.45) is 0. The van der Waals surface area contributed by atoms with Crippen molar-refractivity contribution in [3.05, 3.63) is 57.8 Å². The van der Waals surface area contributed by atoms with Gasteiger partial charge in [0, 0.05) is 44.7 Å². The molecule has 1 fully saturated rings. The number of hydrogen-bond donors (Lipinski definition) is 1. The maximum absolute atomic E-state index is 12.7. The molecule has 0 unspecified atom stereocenters. The van der Waals surface area contributed by atoms with Gasteiger partial charge < -0.3 is 14.2 Å². The lowest BCUT2D eigenvalue weighted by Gasteiger charge is -2.34. The topological polar surface area (TPSA) is 112 Å². The Labute approximate surface area is 153 Å². The van der Waals surface area contributed by atoms with Crippen molar-refractivity contribution < 1.29 is 14.0 Å². The zero-order chi connectivity index (χ0) is 19.0. The minimum atomic E-state index is -0.360. The number of piperazine rings is 1. The Hall–Kier alpha value is -3.49. The maximum atomic E-state index is 12.7. The summed E-state index contributed by atoms with van der Waals surface area (Å²) < 4.78 is 5.43. The summed E-state index contributed by atoms with van der Waals surface area (Å²) in [4.78, 5) is 43.8. The van der Waals surface area contributed by atoms with Gasteiger partial charge in [-0.3, -0.25) is 14.4 Å². The lowest BCUT2D eigenvalue weighted by molar-refractivity contribution is 0.0531. The molecule has 27 heavy (non-hydrogen) atoms. The first-order valence-corrected chi connectivity index (χ1v) is 8.53. The molecule has 0 radical (unpaired) electrons. The van der Waals surface area contributed by atoms with Gasteiger partial charge in [0.25, 0.3) is 17.4 Å². The van der Waals surface area contributed by atoms with Crippen molar-refractivity contribution in [2.75, 3.05) is 26.2 Å². The molecule has 0 bridgehead atoms. The third-order valence-electron chi connectivity index (χ3n) is 4.49. The van der Waals surface area contributed by atoms with E-state index in [0.29, 0.717) is 48.7 Å². The van der Waals surface area contributed by atoms with Crippen LogP contribution in [0.2, 0.25) is 0 Å². The van der Waals surface area contributed by atoms with E-state index in [-0.39, 0.29) is 23.1 Å². The van der Waals surface area contributed by atoms with E-state index in [1.165, 1.54) is 12.1 Å². The predicted octanol–water partition coefficient (Wildman–Crippen LogP) is 0.818. The fourth-order valence-electron chi connectivity index (χ4n) is 3.10. The van der Waals surface area contributed by atoms with E-state index in [1.807, 2.05) is 0 Å². The number of aromatic amines is 1. The van der Waals surface area contributed by atoms with Gasteiger partial charge in [0.1, 0.15) is 11.2 Å². The largest absolute Gasteiger partial charge is 0.441 e. The summed E-state index contributed by atoms with van der Waals surface area (Å²) in [5, 5.41) is 6.01. The van der Waals surface area contributed by atoms with Gasteiger partial charge in [-0.25, -0.2) is 10.1 Å². The number of fused-ring (bicyclic) bond motifs is 1. The van der Waals surface area contributed by atoms with Gasteiger partial charge in [0.2, 0.25) is 0 Å². The monoisotopic (exact) mass is 367 g/mol. The number of carbonyl (C=O) groups excluding carboxylic acids is 2. The molecule has 3 heterocycles. The zero-order valence-corrected chi connectivity index (χ0v) is 14.6. The summed E-state index contributed by atoms with van der Waals surface area (Å²) in [5.74, 6) is 0.183. The van der Waals surface area contributed by atoms with Gasteiger partial charge in [-0.15, -0.1) is 0 Å². The van der Waals surface area contributed by atoms with Crippen LogP contribution in [0.4, 0.5) is 0 Å². The summed E-state index contributed by atoms with van der Waals surface area (Å²) in [5.41, 5.74) is 1.66. The fourth-order valence-corrected chi connectivity index (χ4v) is 3.10. The Kier molecular flexibility index (Phi) is 4.19. The second kappa shape index (κ2) is 6.67. The van der Waals surface area contributed by atoms with Crippen LogP contribution in [-0.2, 0) is 0 Å². The Morgan fingerprint density at radius 2 is 1.74 bits per heavy atom. The molecule has 138 valence electrons. The molecule has 2 aromatic heterocycles. The van der Waals surface area contributed by atoms with Crippen molar-refractivity contribution in [2.24, 2.45) is 0 Å². The first-order valence-electron chi connectivity index (χ1n) is 8.53. The number of nitrogens with zero attached hydrogens (tertiary/aromatic N) is 4. The van der Waals surface area contributed by atoms with E-state index in [1.54, 1.807) is 34.9 Å². The predicted molar refractivity (Wildman–Crippen MR) is 95.4 cm³/mol. The first kappa shape index (κ1) is 17.0. The van der Waals surface area contributed by atoms with Crippen LogP contribution in [0.15, 0.2) is 39.5 Å². The lowest BCUT2D eigenvalue weighted by atomic mass is 10.1. The standard InChI is InChI=1S/C18H17N5O4/c1-11-19-14-10-12(2-4-15(14)27-11)17(25)22-6-8-23(9-7-22)18(26)13-3-5-16(24)21-20-13/h2-5,10H,6-9H2,1H3,(H,21,24). The van der Waals surface area contributed by atoms with E-state index >= 15 is 0 Å². The molecular weight excluding hydrogens is 350 g/mol. The lowest BCUT2D eigenvalue weighted by Crippen LogP contribution is -2.50. The number of amides is 2. The quantitative estimate of drug-likeness (QED) is 0.717. The first-order chi connectivity index (χ1) is 13.0. The number of aromatic nitrogens is 3. The maximum Gasteiger partial charge on any atom is 0.274 e. The van der Waals surface area contributed by atoms with Crippen molar-refractivity contribution >= 4 is 22.9 Å². The molecule has 4 rings (SSSR count). The Bertz CT molecular complexity index is 1060. The van der Waals surface area contributed by atoms with E-state index in [4.69, 9.17) is 4.42 Å². The van der Waals surface area contributed by atoms with Crippen molar-refractivity contribution in [1.29, 1.82) is 0 Å². The molecule has 0 spiro atoms. The Balaban J connectivity index is 1.43. The van der Waals surface area contributed by atoms with Crippen LogP contribution < -0.4 is 5.56 Å². The molecule has 0 saturated carbocycles. The third-order valence-corrected chi connectivity index (χ3v) is 4.49. The molecule has 1 N–H and O–H groups in total. The number of oxazole rings is 1. The number of nitrogens with one attached hydrogen (secondary N) is 1. The molecule has 2 amide bonds. The van der Waals surface area contributed by atoms with Crippen molar-refractivity contribution in [2.45, 2.75) is 6.92 Å². The van der Waals surface area contributed by atoms with E-state index < -0.39 is 0 Å². The molecule has 0 aliphatic carbocycles. The van der Waals surface area contributed by atoms with Gasteiger partial charge in [0.05, 0.1) is 0 Å². The molecular formula is C18H17N5O4. The molecule has 1 aliphatic heterocycles. The molecule has 1 aliphatic rings. The second-order valence-corrected chi connectivity index (χ2v) is 6.31. The van der Waals surface area contributed by atoms with E-state index in [9.17, 15) is 14.4 Å². The minimum absolute atomic E-state index is 0.105. The minimum Gasteiger partial charge on any atom is -0.441 e. The van der Waals surface area contributed by atoms with Crippen LogP contribution in [0.3, 0.4) is 0 Å². The van der Waals surface area contributed by atoms with E-state index in [2.05, 4.69) is 15.2 Å². The molecule has 1 saturated heterocycles. The number of aryl methyl sites for hydroxylation is 1. The second-order valence-electron chi connectivity index (χ2n) is 6.31. The number of carbonyl (C=O) groups is 2. The van der Waals surface area contributed by atoms with Gasteiger partial charge >= 0.3 is 0 Å². The highest BCUT2D eigenvalue weighted by atomic mass is 16.3. The molecule has 9 nitrogen and oxygen atoms in total. The number of H-pyrrole nitrogens is 1. The highest BCUT2D eigenvalue weighted by Crippen LogP contribution is 2.18. The normalized spacial score (nSPS) is 14.6. The smallest absolute Gasteiger partial charge is 0.274 e. The van der Waals surface area contributed by atoms with Crippen LogP contribution in [0.25, 0.3) is 11.1 Å². The van der Waals surface area contributed by atoms with Crippen LogP contribution in [0.5, 0.6) is 0 Å². The summed E-state index contributed by atoms with van der Waals surface area (Å²) in [7, 11) is 0. The van der Waals surface area contributed by atoms with Crippen molar-refractivity contribution in [3.8, 4) is 0 Å². The van der Waals surface area contributed by atoms with Crippen molar-refractivity contribution in [3.63, 3.8) is 0 Å². The summed E-state index contributed by atoms with van der Waals surface area (Å²) in [6.45, 7) is 3.40. The van der Waals surface area contributed by atoms with Gasteiger partial charge in [-0.05, 0) is 24.3 Å². The van der Waals surface area contributed by atoms with Crippen LogP contribution in [0.1, 0.15) is 26.7 Å². The van der Waals surface area contributed by atoms with Crippen LogP contribution >= 0.6 is 0 Å². The van der Waals surface area contributed by atoms with Crippen LogP contribution in [-0.4, -0.2) is 63.0 Å². The average molecular weight is 367 g/mol. The van der Waals surface area contributed by atoms with Crippen molar-refractivity contribution in [1.82, 2.24) is 25.0 Å². The number of rotatable bonds is 2. The Morgan fingerprint density at radius 1 is 1.04 bits per heavy atom. The van der Waals surface area contributed by atoms with Gasteiger partial charge in [-0.1, -0.05) is 0 Å². The summed E-state index contributed by atoms with van der Waals surface area (Å²) >= 11 is 0. The van der Waals surface area contributed by atoms with E-state index in [0.717, 1.165) is 0 Å². The zero-order valence-electron chi connectivity index (χ0n) is 14.6. The summed E-state index contributed by atoms with van der Waals surface area (Å²) in [6, 6.07) is 7.84. The molecule has 1 aromatic carbocycles. The average Bonchev–Trinajstić information content (AvgIpc) is 3.07. The molecule has 0 atom stereocenters. The number of hydrogen-bond acceptors (Lipinski definition) is 6. The van der Waals surface area contributed by atoms with Gasteiger partial charge in [-0.2, -0.15) is 5.10 Å². The highest BCUT2D eigenvalue weighted by Gasteiger charge is 2.26. The number of benzene rings is 1. The highest BCUT2D eigenvalue weighted by molar-refractivity contribution is 5.97. The SMILES string of the molecule is Cc1nc2cc(C(=O)N3CCN(C(=O)c4ccc(=O)[nH]n4)CC3)ccc2o1. The fraction of sp³-hybridized carbons (Fsp3) is 0.278. The van der Waals surface area contributed by atoms with Crippen LogP contribution in [0, 0.1) is 6.92 Å². The molecule has 9 heteroatoms.